The van der Waals surface area contributed by atoms with Gasteiger partial charge in [-0.1, -0.05) is 33.8 Å². The first kappa shape index (κ1) is 48.8. The van der Waals surface area contributed by atoms with Gasteiger partial charge in [-0.05, 0) is 89.3 Å². The molecule has 15 nitrogen and oxygen atoms in total. The van der Waals surface area contributed by atoms with E-state index in [2.05, 4.69) is 19.2 Å². The molecule has 0 aromatic heterocycles. The molecule has 2 rings (SSSR count). The molecule has 1 aromatic carbocycles. The van der Waals surface area contributed by atoms with E-state index >= 15 is 0 Å². The Morgan fingerprint density at radius 1 is 0.912 bits per heavy atom. The first-order valence-corrected chi connectivity index (χ1v) is 19.6. The van der Waals surface area contributed by atoms with Gasteiger partial charge in [-0.25, -0.2) is 14.4 Å². The topological polar surface area (TPSA) is 191 Å². The van der Waals surface area contributed by atoms with Crippen LogP contribution in [0.2, 0.25) is 0 Å². The van der Waals surface area contributed by atoms with Crippen LogP contribution in [0.5, 0.6) is 11.5 Å². The van der Waals surface area contributed by atoms with Crippen molar-refractivity contribution in [3.63, 3.8) is 0 Å². The van der Waals surface area contributed by atoms with E-state index in [0.717, 1.165) is 17.7 Å². The molecule has 1 aromatic rings. The molecule has 1 saturated heterocycles. The van der Waals surface area contributed by atoms with Gasteiger partial charge in [0.15, 0.2) is 11.5 Å². The fraction of sp³-hybridized carbons (Fsp3) is 0.690. The van der Waals surface area contributed by atoms with Gasteiger partial charge in [0.2, 0.25) is 18.1 Å². The SMILES string of the molecule is COCCCOc1cc(C[C@@H](C[C@H]2[C@H](C[C@H](C(=O)NCC(C)(C)C(N)=O)C(C)C)OCN2C(=O)OC(C)OC(=O)/C=C/C(=O)OC(C)(C)C)C(C)C)ccc1OC. The normalized spacial score (nSPS) is 17.6. The van der Waals surface area contributed by atoms with Gasteiger partial charge in [0.05, 0.1) is 31.3 Å². The fourth-order valence-corrected chi connectivity index (χ4v) is 6.19. The average Bonchev–Trinajstić information content (AvgIpc) is 3.51. The van der Waals surface area contributed by atoms with Crippen molar-refractivity contribution in [2.75, 3.05) is 40.7 Å². The fourth-order valence-electron chi connectivity index (χ4n) is 6.19. The van der Waals surface area contributed by atoms with E-state index < -0.39 is 59.3 Å². The summed E-state index contributed by atoms with van der Waals surface area (Å²) in [6.45, 7) is 18.9. The lowest BCUT2D eigenvalue weighted by molar-refractivity contribution is -0.161. The predicted octanol–water partition coefficient (Wildman–Crippen LogP) is 5.56. The zero-order valence-electron chi connectivity index (χ0n) is 36.0. The van der Waals surface area contributed by atoms with Crippen LogP contribution in [0.25, 0.3) is 0 Å². The number of benzene rings is 1. The molecule has 5 atom stereocenters. The monoisotopic (exact) mass is 805 g/mol. The molecule has 3 amide bonds. The molecular weight excluding hydrogens is 738 g/mol. The van der Waals surface area contributed by atoms with E-state index in [4.69, 9.17) is 38.9 Å². The molecular formula is C42H67N3O12. The van der Waals surface area contributed by atoms with E-state index in [-0.39, 0.29) is 43.4 Å². The summed E-state index contributed by atoms with van der Waals surface area (Å²) >= 11 is 0. The highest BCUT2D eigenvalue weighted by atomic mass is 16.7. The maximum absolute atomic E-state index is 13.8. The van der Waals surface area contributed by atoms with Crippen molar-refractivity contribution in [3.8, 4) is 11.5 Å². The number of nitrogens with two attached hydrogens (primary N) is 1. The van der Waals surface area contributed by atoms with Crippen molar-refractivity contribution in [2.24, 2.45) is 34.8 Å². The van der Waals surface area contributed by atoms with Crippen molar-refractivity contribution in [3.05, 3.63) is 35.9 Å². The van der Waals surface area contributed by atoms with Gasteiger partial charge in [0, 0.05) is 51.7 Å². The van der Waals surface area contributed by atoms with E-state index in [1.54, 1.807) is 48.8 Å². The molecule has 0 aliphatic carbocycles. The Hall–Kier alpha value is -4.37. The Bertz CT molecular complexity index is 1520. The maximum Gasteiger partial charge on any atom is 0.415 e. The minimum atomic E-state index is -1.31. The summed E-state index contributed by atoms with van der Waals surface area (Å²) in [5, 5.41) is 2.90. The van der Waals surface area contributed by atoms with Gasteiger partial charge in [0.1, 0.15) is 12.3 Å². The second-order valence-corrected chi connectivity index (χ2v) is 16.8. The van der Waals surface area contributed by atoms with E-state index in [1.165, 1.54) is 11.8 Å². The summed E-state index contributed by atoms with van der Waals surface area (Å²) in [6, 6.07) is 5.31. The number of carbonyl (C=O) groups is 5. The summed E-state index contributed by atoms with van der Waals surface area (Å²) in [6.07, 6.45) is 1.32. The lowest BCUT2D eigenvalue weighted by Crippen LogP contribution is -2.47. The van der Waals surface area contributed by atoms with E-state index in [0.29, 0.717) is 44.0 Å². The van der Waals surface area contributed by atoms with Crippen LogP contribution in [0.1, 0.15) is 94.1 Å². The number of esters is 2. The summed E-state index contributed by atoms with van der Waals surface area (Å²) in [7, 11) is 3.23. The molecule has 1 heterocycles. The lowest BCUT2D eigenvalue weighted by atomic mass is 9.80. The molecule has 1 fully saturated rings. The number of hydrogen-bond donors (Lipinski definition) is 2. The van der Waals surface area contributed by atoms with Crippen LogP contribution in [0.15, 0.2) is 30.4 Å². The van der Waals surface area contributed by atoms with Gasteiger partial charge in [0.25, 0.3) is 0 Å². The van der Waals surface area contributed by atoms with Gasteiger partial charge in [-0.15, -0.1) is 0 Å². The van der Waals surface area contributed by atoms with Crippen LogP contribution in [0.4, 0.5) is 4.79 Å². The number of carbonyl (C=O) groups excluding carboxylic acids is 5. The highest BCUT2D eigenvalue weighted by Crippen LogP contribution is 2.36. The van der Waals surface area contributed by atoms with E-state index in [9.17, 15) is 24.0 Å². The smallest absolute Gasteiger partial charge is 0.415 e. The zero-order chi connectivity index (χ0) is 43.1. The minimum Gasteiger partial charge on any atom is -0.493 e. The molecule has 0 bridgehead atoms. The zero-order valence-corrected chi connectivity index (χ0v) is 36.0. The Labute approximate surface area is 338 Å². The Morgan fingerprint density at radius 2 is 1.58 bits per heavy atom. The summed E-state index contributed by atoms with van der Waals surface area (Å²) in [5.41, 5.74) is 4.87. The molecule has 0 saturated carbocycles. The third-order valence-corrected chi connectivity index (χ3v) is 9.77. The lowest BCUT2D eigenvalue weighted by Gasteiger charge is -2.33. The second-order valence-electron chi connectivity index (χ2n) is 16.8. The van der Waals surface area contributed by atoms with Crippen LogP contribution < -0.4 is 20.5 Å². The Kier molecular flexibility index (Phi) is 19.3. The number of nitrogens with zero attached hydrogens (tertiary/aromatic N) is 1. The average molecular weight is 806 g/mol. The van der Waals surface area contributed by atoms with E-state index in [1.807, 2.05) is 32.0 Å². The van der Waals surface area contributed by atoms with Crippen molar-refractivity contribution in [1.29, 1.82) is 0 Å². The molecule has 15 heteroatoms. The summed E-state index contributed by atoms with van der Waals surface area (Å²) in [4.78, 5) is 65.3. The van der Waals surface area contributed by atoms with Crippen LogP contribution in [0.3, 0.4) is 0 Å². The highest BCUT2D eigenvalue weighted by Gasteiger charge is 2.43. The van der Waals surface area contributed by atoms with Crippen LogP contribution in [0, 0.1) is 29.1 Å². The Morgan fingerprint density at radius 3 is 2.16 bits per heavy atom. The van der Waals surface area contributed by atoms with Gasteiger partial charge in [-0.2, -0.15) is 0 Å². The number of ether oxygens (including phenoxy) is 7. The largest absolute Gasteiger partial charge is 0.493 e. The standard InChI is InChI=1S/C42H67N3O12/c1-26(2)30(20-29-14-15-33(52-12)35(21-29)53-19-13-18-51-11)22-32-34(23-31(27(3)4)38(48)44-24-42(9,10)39(43)49)54-25-45(32)40(50)56-28(5)55-36(46)16-17-37(47)57-41(6,7)8/h14-17,21,26-28,30-32,34H,13,18-20,22-25H2,1-12H3,(H2,43,49)(H,44,48)/b17-16+/t28?,30-,31-,32-,34-/m0/s1. The van der Waals surface area contributed by atoms with Crippen molar-refractivity contribution >= 4 is 29.8 Å². The van der Waals surface area contributed by atoms with Crippen molar-refractivity contribution in [2.45, 2.75) is 119 Å². The molecule has 0 spiro atoms. The molecule has 1 aliphatic rings. The predicted molar refractivity (Wildman–Crippen MR) is 213 cm³/mol. The van der Waals surface area contributed by atoms with Gasteiger partial charge < -0.3 is 44.2 Å². The molecule has 322 valence electrons. The van der Waals surface area contributed by atoms with Crippen LogP contribution >= 0.6 is 0 Å². The maximum atomic E-state index is 13.8. The van der Waals surface area contributed by atoms with Crippen molar-refractivity contribution in [1.82, 2.24) is 10.2 Å². The van der Waals surface area contributed by atoms with Crippen molar-refractivity contribution < 1.29 is 57.1 Å². The molecule has 3 N–H and O–H groups in total. The van der Waals surface area contributed by atoms with Gasteiger partial charge in [-0.3, -0.25) is 14.5 Å². The number of amides is 3. The molecule has 0 radical (unpaired) electrons. The minimum absolute atomic E-state index is 0.0279. The number of nitrogens with one attached hydrogen (secondary N) is 1. The quantitative estimate of drug-likeness (QED) is 0.0644. The van der Waals surface area contributed by atoms with Crippen LogP contribution in [-0.2, 0) is 49.3 Å². The third-order valence-electron chi connectivity index (χ3n) is 9.77. The number of rotatable bonds is 22. The first-order chi connectivity index (χ1) is 26.6. The molecule has 1 aliphatic heterocycles. The Balaban J connectivity index is 2.37. The number of primary amides is 1. The van der Waals surface area contributed by atoms with Gasteiger partial charge >= 0.3 is 18.0 Å². The highest BCUT2D eigenvalue weighted by molar-refractivity contribution is 5.92. The number of methoxy groups -OCH3 is 2. The molecule has 1 unspecified atom stereocenters. The molecule has 57 heavy (non-hydrogen) atoms. The first-order valence-electron chi connectivity index (χ1n) is 19.6. The summed E-state index contributed by atoms with van der Waals surface area (Å²) < 4.78 is 39.0. The van der Waals surface area contributed by atoms with Crippen LogP contribution in [-0.4, -0.2) is 99.5 Å². The second kappa shape index (κ2) is 22.5. The number of hydrogen-bond acceptors (Lipinski definition) is 12. The third kappa shape index (κ3) is 16.6. The summed E-state index contributed by atoms with van der Waals surface area (Å²) in [5.74, 6) is -1.62.